The highest BCUT2D eigenvalue weighted by Crippen LogP contribution is 2.30. The van der Waals surface area contributed by atoms with Gasteiger partial charge in [-0.2, -0.15) is 0 Å². The summed E-state index contributed by atoms with van der Waals surface area (Å²) in [6.45, 7) is 0. The fourth-order valence-corrected chi connectivity index (χ4v) is 2.90. The van der Waals surface area contributed by atoms with E-state index < -0.39 is 0 Å². The molecule has 0 unspecified atom stereocenters. The van der Waals surface area contributed by atoms with Crippen LogP contribution in [0.4, 0.5) is 11.6 Å². The lowest BCUT2D eigenvalue weighted by Crippen LogP contribution is -2.03. The summed E-state index contributed by atoms with van der Waals surface area (Å²) in [6.07, 6.45) is 0. The molecule has 0 aliphatic heterocycles. The van der Waals surface area contributed by atoms with Crippen LogP contribution in [0.3, 0.4) is 0 Å². The Morgan fingerprint density at radius 3 is 2.56 bits per heavy atom. The van der Waals surface area contributed by atoms with Gasteiger partial charge in [0.15, 0.2) is 11.6 Å². The molecule has 2 aromatic carbocycles. The number of benzene rings is 2. The van der Waals surface area contributed by atoms with Crippen LogP contribution >= 0.6 is 23.4 Å². The first-order chi connectivity index (χ1) is 12.0. The van der Waals surface area contributed by atoms with E-state index in [0.717, 1.165) is 22.5 Å². The molecule has 3 rings (SSSR count). The summed E-state index contributed by atoms with van der Waals surface area (Å²) in [5, 5.41) is 17.9. The van der Waals surface area contributed by atoms with Crippen molar-refractivity contribution < 1.29 is 4.79 Å². The molecule has 0 radical (unpaired) electrons. The number of carbonyl (C=O) groups excluding carboxylic acids is 1. The van der Waals surface area contributed by atoms with Gasteiger partial charge in [0.1, 0.15) is 5.82 Å². The minimum atomic E-state index is -0.101. The zero-order valence-electron chi connectivity index (χ0n) is 13.0. The van der Waals surface area contributed by atoms with E-state index in [0.29, 0.717) is 22.2 Å². The number of azo groups is 1. The molecule has 8 heteroatoms. The lowest BCUT2D eigenvalue weighted by Gasteiger charge is -2.00. The third kappa shape index (κ3) is 4.07. The molecule has 0 saturated heterocycles. The van der Waals surface area contributed by atoms with Gasteiger partial charge in [-0.25, -0.2) is 0 Å². The van der Waals surface area contributed by atoms with E-state index in [4.69, 9.17) is 22.7 Å². The van der Waals surface area contributed by atoms with Crippen LogP contribution in [0.2, 0.25) is 5.02 Å². The molecule has 0 amide bonds. The molecule has 0 aliphatic carbocycles. The van der Waals surface area contributed by atoms with Crippen molar-refractivity contribution in [3.63, 3.8) is 0 Å². The monoisotopic (exact) mass is 371 g/mol. The van der Waals surface area contributed by atoms with Gasteiger partial charge in [0.05, 0.1) is 5.75 Å². The number of amidine groups is 1. The number of nitrogen functional groups attached to an aromatic ring is 1. The molecule has 1 heterocycles. The third-order valence-electron chi connectivity index (χ3n) is 3.47. The van der Waals surface area contributed by atoms with Crippen LogP contribution in [-0.2, 0) is 0 Å². The summed E-state index contributed by atoms with van der Waals surface area (Å²) in [7, 11) is 0. The Balaban J connectivity index is 1.63. The number of nitrogens with two attached hydrogens (primary N) is 1. The van der Waals surface area contributed by atoms with Gasteiger partial charge in [-0.05, 0) is 24.3 Å². The van der Waals surface area contributed by atoms with E-state index in [1.54, 1.807) is 24.3 Å². The Kier molecular flexibility index (Phi) is 5.16. The molecule has 0 atom stereocenters. The van der Waals surface area contributed by atoms with Crippen LogP contribution in [0.25, 0.3) is 10.8 Å². The Labute approximate surface area is 153 Å². The van der Waals surface area contributed by atoms with Crippen LogP contribution in [0.5, 0.6) is 0 Å². The maximum absolute atomic E-state index is 12.1. The molecule has 4 N–H and O–H groups in total. The number of nitrogens with zero attached hydrogens (tertiary/aromatic N) is 2. The summed E-state index contributed by atoms with van der Waals surface area (Å²) >= 11 is 6.81. The standard InChI is InChI=1S/C17H14ClN5OS/c18-11-7-5-10(6-8-11)14(24)9-25-17(20)23-22-16-13-4-2-1-3-12(13)15(19)21-16/h1-8,20-21H,9,19H2/b20-17?,23-22+. The molecule has 25 heavy (non-hydrogen) atoms. The Hall–Kier alpha value is -2.64. The number of H-pyrrole nitrogens is 1. The van der Waals surface area contributed by atoms with Crippen molar-refractivity contribution in [2.24, 2.45) is 10.2 Å². The average Bonchev–Trinajstić information content (AvgIpc) is 2.95. The Morgan fingerprint density at radius 1 is 1.16 bits per heavy atom. The van der Waals surface area contributed by atoms with Crippen LogP contribution in [0.1, 0.15) is 10.4 Å². The van der Waals surface area contributed by atoms with Crippen molar-refractivity contribution in [3.8, 4) is 0 Å². The zero-order chi connectivity index (χ0) is 17.8. The van der Waals surface area contributed by atoms with Gasteiger partial charge in [0.2, 0.25) is 5.17 Å². The van der Waals surface area contributed by atoms with E-state index in [2.05, 4.69) is 15.2 Å². The number of ketones is 1. The van der Waals surface area contributed by atoms with Gasteiger partial charge in [-0.3, -0.25) is 10.2 Å². The molecule has 1 aromatic heterocycles. The minimum absolute atomic E-state index is 0.0560. The molecule has 0 fully saturated rings. The second-order valence-corrected chi connectivity index (χ2v) is 6.56. The second-order valence-electron chi connectivity index (χ2n) is 5.16. The van der Waals surface area contributed by atoms with Gasteiger partial charge in [0.25, 0.3) is 0 Å². The number of hydrogen-bond acceptors (Lipinski definition) is 5. The smallest absolute Gasteiger partial charge is 0.202 e. The maximum atomic E-state index is 12.1. The van der Waals surface area contributed by atoms with Crippen LogP contribution in [0, 0.1) is 5.41 Å². The predicted octanol–water partition coefficient (Wildman–Crippen LogP) is 5.04. The molecule has 126 valence electrons. The predicted molar refractivity (Wildman–Crippen MR) is 103 cm³/mol. The number of rotatable bonds is 4. The average molecular weight is 372 g/mol. The number of fused-ring (bicyclic) bond motifs is 1. The molecule has 3 aromatic rings. The molecule has 0 bridgehead atoms. The normalized spacial score (nSPS) is 11.2. The molecule has 0 aliphatic rings. The highest BCUT2D eigenvalue weighted by molar-refractivity contribution is 8.14. The van der Waals surface area contributed by atoms with Crippen molar-refractivity contribution in [1.82, 2.24) is 4.98 Å². The van der Waals surface area contributed by atoms with Crippen LogP contribution in [-0.4, -0.2) is 21.7 Å². The lowest BCUT2D eigenvalue weighted by atomic mass is 10.1. The quantitative estimate of drug-likeness (QED) is 0.259. The largest absolute Gasteiger partial charge is 0.385 e. The fraction of sp³-hybridized carbons (Fsp3) is 0.0588. The van der Waals surface area contributed by atoms with E-state index in [9.17, 15) is 4.79 Å². The third-order valence-corrected chi connectivity index (χ3v) is 4.49. The Bertz CT molecular complexity index is 965. The van der Waals surface area contributed by atoms with Gasteiger partial charge < -0.3 is 10.7 Å². The lowest BCUT2D eigenvalue weighted by molar-refractivity contribution is 0.102. The number of aromatic amines is 1. The summed E-state index contributed by atoms with van der Waals surface area (Å²) in [4.78, 5) is 15.0. The number of thioether (sulfide) groups is 1. The van der Waals surface area contributed by atoms with Crippen molar-refractivity contribution in [1.29, 1.82) is 5.41 Å². The van der Waals surface area contributed by atoms with Gasteiger partial charge in [0, 0.05) is 21.4 Å². The second kappa shape index (κ2) is 7.50. The Morgan fingerprint density at radius 2 is 1.84 bits per heavy atom. The SMILES string of the molecule is N=C(/N=N/c1[nH]c(N)c2ccccc12)SCC(=O)c1ccc(Cl)cc1. The first kappa shape index (κ1) is 17.2. The van der Waals surface area contributed by atoms with Crippen molar-refractivity contribution in [2.45, 2.75) is 0 Å². The summed E-state index contributed by atoms with van der Waals surface area (Å²) in [5.74, 6) is 0.993. The van der Waals surface area contributed by atoms with E-state index in [1.165, 1.54) is 0 Å². The maximum Gasteiger partial charge on any atom is 0.202 e. The van der Waals surface area contributed by atoms with E-state index >= 15 is 0 Å². The summed E-state index contributed by atoms with van der Waals surface area (Å²) in [5.41, 5.74) is 6.43. The number of halogens is 1. The number of anilines is 1. The van der Waals surface area contributed by atoms with E-state index in [1.807, 2.05) is 24.3 Å². The van der Waals surface area contributed by atoms with Gasteiger partial charge in [-0.15, -0.1) is 10.2 Å². The highest BCUT2D eigenvalue weighted by Gasteiger charge is 2.09. The first-order valence-corrected chi connectivity index (χ1v) is 8.69. The molecule has 0 saturated carbocycles. The van der Waals surface area contributed by atoms with Gasteiger partial charge in [-0.1, -0.05) is 47.6 Å². The van der Waals surface area contributed by atoms with Crippen molar-refractivity contribution >= 4 is 56.7 Å². The highest BCUT2D eigenvalue weighted by atomic mass is 35.5. The number of carbonyl (C=O) groups is 1. The number of nitrogens with one attached hydrogen (secondary N) is 2. The van der Waals surface area contributed by atoms with Crippen LogP contribution in [0.15, 0.2) is 58.8 Å². The minimum Gasteiger partial charge on any atom is -0.385 e. The van der Waals surface area contributed by atoms with Gasteiger partial charge >= 0.3 is 0 Å². The molecule has 0 spiro atoms. The van der Waals surface area contributed by atoms with Crippen molar-refractivity contribution in [3.05, 3.63) is 59.1 Å². The number of Topliss-reactive ketones (excluding diaryl/α,β-unsaturated/α-hetero) is 1. The molecular formula is C17H14ClN5OS. The zero-order valence-corrected chi connectivity index (χ0v) is 14.6. The summed E-state index contributed by atoms with van der Waals surface area (Å²) in [6, 6.07) is 14.1. The first-order valence-electron chi connectivity index (χ1n) is 7.32. The summed E-state index contributed by atoms with van der Waals surface area (Å²) < 4.78 is 0. The molecular weight excluding hydrogens is 358 g/mol. The van der Waals surface area contributed by atoms with Crippen LogP contribution < -0.4 is 5.73 Å². The fourth-order valence-electron chi connectivity index (χ4n) is 2.24. The number of aromatic nitrogens is 1. The number of hydrogen-bond donors (Lipinski definition) is 3. The van der Waals surface area contributed by atoms with E-state index in [-0.39, 0.29) is 16.7 Å². The molecule has 6 nitrogen and oxygen atoms in total. The van der Waals surface area contributed by atoms with Crippen molar-refractivity contribution in [2.75, 3.05) is 11.5 Å². The topological polar surface area (TPSA) is 107 Å².